The van der Waals surface area contributed by atoms with Gasteiger partial charge in [-0.05, 0) is 56.8 Å². The van der Waals surface area contributed by atoms with Gasteiger partial charge in [-0.25, -0.2) is 4.99 Å². The molecular formula is C21H39IN4O. The van der Waals surface area contributed by atoms with Crippen LogP contribution in [0.5, 0.6) is 0 Å². The SMILES string of the molecule is CCNC(=NCc1ccccc1CN(C)C)NCC(CC)(CC)CCO.I. The predicted octanol–water partition coefficient (Wildman–Crippen LogP) is 3.61. The molecule has 0 saturated heterocycles. The Bertz CT molecular complexity index is 545. The van der Waals surface area contributed by atoms with E-state index in [9.17, 15) is 5.11 Å². The molecule has 0 aliphatic rings. The summed E-state index contributed by atoms with van der Waals surface area (Å²) in [5, 5.41) is 16.2. The Hall–Kier alpha value is -0.860. The molecule has 5 nitrogen and oxygen atoms in total. The Morgan fingerprint density at radius 1 is 1.07 bits per heavy atom. The van der Waals surface area contributed by atoms with E-state index >= 15 is 0 Å². The van der Waals surface area contributed by atoms with Crippen LogP contribution in [0.3, 0.4) is 0 Å². The van der Waals surface area contributed by atoms with E-state index in [-0.39, 0.29) is 36.0 Å². The molecule has 1 aromatic rings. The van der Waals surface area contributed by atoms with Crippen molar-refractivity contribution < 1.29 is 5.11 Å². The fraction of sp³-hybridized carbons (Fsp3) is 0.667. The number of rotatable bonds is 11. The molecule has 1 aromatic carbocycles. The van der Waals surface area contributed by atoms with Crippen molar-refractivity contribution in [1.29, 1.82) is 0 Å². The van der Waals surface area contributed by atoms with Gasteiger partial charge in [0.15, 0.2) is 5.96 Å². The minimum Gasteiger partial charge on any atom is -0.396 e. The molecule has 0 unspecified atom stereocenters. The molecule has 156 valence electrons. The van der Waals surface area contributed by atoms with Crippen molar-refractivity contribution in [2.45, 2.75) is 53.1 Å². The summed E-state index contributed by atoms with van der Waals surface area (Å²) in [7, 11) is 4.17. The number of nitrogens with zero attached hydrogens (tertiary/aromatic N) is 2. The first-order chi connectivity index (χ1) is 12.5. The van der Waals surface area contributed by atoms with Crippen LogP contribution >= 0.6 is 24.0 Å². The van der Waals surface area contributed by atoms with Crippen LogP contribution in [0.4, 0.5) is 0 Å². The first kappa shape index (κ1) is 26.1. The summed E-state index contributed by atoms with van der Waals surface area (Å²) >= 11 is 0. The molecule has 0 fully saturated rings. The number of hydrogen-bond acceptors (Lipinski definition) is 3. The summed E-state index contributed by atoms with van der Waals surface area (Å²) < 4.78 is 0. The second-order valence-electron chi connectivity index (χ2n) is 7.24. The van der Waals surface area contributed by atoms with Gasteiger partial charge in [-0.3, -0.25) is 0 Å². The van der Waals surface area contributed by atoms with Gasteiger partial charge in [0.25, 0.3) is 0 Å². The highest BCUT2D eigenvalue weighted by atomic mass is 127. The Morgan fingerprint density at radius 3 is 2.22 bits per heavy atom. The number of benzene rings is 1. The summed E-state index contributed by atoms with van der Waals surface area (Å²) in [4.78, 5) is 6.98. The molecule has 0 aliphatic carbocycles. The summed E-state index contributed by atoms with van der Waals surface area (Å²) in [6.07, 6.45) is 2.91. The van der Waals surface area contributed by atoms with Crippen molar-refractivity contribution in [3.8, 4) is 0 Å². The van der Waals surface area contributed by atoms with Gasteiger partial charge in [0.05, 0.1) is 6.54 Å². The fourth-order valence-electron chi connectivity index (χ4n) is 3.16. The van der Waals surface area contributed by atoms with E-state index < -0.39 is 0 Å². The monoisotopic (exact) mass is 490 g/mol. The van der Waals surface area contributed by atoms with E-state index in [4.69, 9.17) is 4.99 Å². The van der Waals surface area contributed by atoms with Crippen LogP contribution in [0.2, 0.25) is 0 Å². The first-order valence-electron chi connectivity index (χ1n) is 9.84. The number of aliphatic hydroxyl groups excluding tert-OH is 1. The van der Waals surface area contributed by atoms with Crippen molar-refractivity contribution in [3.05, 3.63) is 35.4 Å². The second-order valence-corrected chi connectivity index (χ2v) is 7.24. The molecule has 0 heterocycles. The quantitative estimate of drug-likeness (QED) is 0.252. The molecule has 0 aromatic heterocycles. The lowest BCUT2D eigenvalue weighted by Gasteiger charge is -2.32. The summed E-state index contributed by atoms with van der Waals surface area (Å²) in [5.74, 6) is 0.844. The highest BCUT2D eigenvalue weighted by molar-refractivity contribution is 14.0. The van der Waals surface area contributed by atoms with Crippen LogP contribution in [0.1, 0.15) is 51.2 Å². The van der Waals surface area contributed by atoms with E-state index in [1.54, 1.807) is 0 Å². The fourth-order valence-corrected chi connectivity index (χ4v) is 3.16. The largest absolute Gasteiger partial charge is 0.396 e. The molecule has 0 aliphatic heterocycles. The van der Waals surface area contributed by atoms with Crippen LogP contribution in [0.25, 0.3) is 0 Å². The number of aliphatic hydroxyl groups is 1. The van der Waals surface area contributed by atoms with Gasteiger partial charge in [-0.2, -0.15) is 0 Å². The molecule has 1 rings (SSSR count). The third-order valence-electron chi connectivity index (χ3n) is 5.13. The van der Waals surface area contributed by atoms with E-state index in [0.29, 0.717) is 6.54 Å². The Labute approximate surface area is 183 Å². The molecular weight excluding hydrogens is 451 g/mol. The molecule has 0 spiro atoms. The Morgan fingerprint density at radius 2 is 1.70 bits per heavy atom. The van der Waals surface area contributed by atoms with E-state index in [0.717, 1.165) is 44.9 Å². The minimum absolute atomic E-state index is 0. The number of aliphatic imine (C=N–C) groups is 1. The third kappa shape index (κ3) is 9.25. The van der Waals surface area contributed by atoms with Gasteiger partial charge < -0.3 is 20.6 Å². The molecule has 3 N–H and O–H groups in total. The predicted molar refractivity (Wildman–Crippen MR) is 127 cm³/mol. The topological polar surface area (TPSA) is 59.9 Å². The van der Waals surface area contributed by atoms with E-state index in [2.05, 4.69) is 74.7 Å². The van der Waals surface area contributed by atoms with Crippen LogP contribution < -0.4 is 10.6 Å². The normalized spacial score (nSPS) is 12.0. The first-order valence-corrected chi connectivity index (χ1v) is 9.84. The number of hydrogen-bond donors (Lipinski definition) is 3. The zero-order valence-electron chi connectivity index (χ0n) is 17.7. The van der Waals surface area contributed by atoms with Crippen LogP contribution in [0, 0.1) is 5.41 Å². The minimum atomic E-state index is 0. The van der Waals surface area contributed by atoms with Crippen molar-refractivity contribution in [1.82, 2.24) is 15.5 Å². The highest BCUT2D eigenvalue weighted by Gasteiger charge is 2.25. The van der Waals surface area contributed by atoms with Crippen molar-refractivity contribution in [2.24, 2.45) is 10.4 Å². The summed E-state index contributed by atoms with van der Waals surface area (Å²) in [5.41, 5.74) is 2.69. The van der Waals surface area contributed by atoms with Gasteiger partial charge in [0, 0.05) is 26.2 Å². The second kappa shape index (κ2) is 14.2. The van der Waals surface area contributed by atoms with Gasteiger partial charge in [0.2, 0.25) is 0 Å². The lowest BCUT2D eigenvalue weighted by Crippen LogP contribution is -2.43. The van der Waals surface area contributed by atoms with Crippen molar-refractivity contribution >= 4 is 29.9 Å². The molecule has 0 bridgehead atoms. The van der Waals surface area contributed by atoms with Crippen molar-refractivity contribution in [3.63, 3.8) is 0 Å². The lowest BCUT2D eigenvalue weighted by atomic mass is 9.79. The zero-order valence-corrected chi connectivity index (χ0v) is 20.0. The Balaban J connectivity index is 0.00000676. The average Bonchev–Trinajstić information content (AvgIpc) is 2.63. The number of guanidine groups is 1. The van der Waals surface area contributed by atoms with Crippen LogP contribution in [-0.2, 0) is 13.1 Å². The zero-order chi connectivity index (χ0) is 19.4. The smallest absolute Gasteiger partial charge is 0.191 e. The van der Waals surface area contributed by atoms with Gasteiger partial charge in [0.1, 0.15) is 0 Å². The molecule has 0 amide bonds. The number of nitrogens with one attached hydrogen (secondary N) is 2. The highest BCUT2D eigenvalue weighted by Crippen LogP contribution is 2.29. The maximum absolute atomic E-state index is 9.41. The molecule has 0 atom stereocenters. The van der Waals surface area contributed by atoms with E-state index in [1.807, 2.05) is 0 Å². The van der Waals surface area contributed by atoms with Crippen molar-refractivity contribution in [2.75, 3.05) is 33.8 Å². The maximum atomic E-state index is 9.41. The van der Waals surface area contributed by atoms with Crippen LogP contribution in [0.15, 0.2) is 29.3 Å². The molecule has 0 saturated carbocycles. The van der Waals surface area contributed by atoms with Gasteiger partial charge >= 0.3 is 0 Å². The average molecular weight is 490 g/mol. The molecule has 0 radical (unpaired) electrons. The summed E-state index contributed by atoms with van der Waals surface area (Å²) in [6, 6.07) is 8.48. The Kier molecular flexibility index (Phi) is 13.7. The summed E-state index contributed by atoms with van der Waals surface area (Å²) in [6.45, 7) is 9.94. The third-order valence-corrected chi connectivity index (χ3v) is 5.13. The molecule has 27 heavy (non-hydrogen) atoms. The van der Waals surface area contributed by atoms with Gasteiger partial charge in [-0.1, -0.05) is 38.1 Å². The van der Waals surface area contributed by atoms with Gasteiger partial charge in [-0.15, -0.1) is 24.0 Å². The maximum Gasteiger partial charge on any atom is 0.191 e. The van der Waals surface area contributed by atoms with E-state index in [1.165, 1.54) is 11.1 Å². The number of halogens is 1. The standard InChI is InChI=1S/C21H38N4O.HI/c1-6-21(7-2,13-14-26)17-24-20(22-8-3)23-15-18-11-9-10-12-19(18)16-25(4)5;/h9-12,26H,6-8,13-17H2,1-5H3,(H2,22,23,24);1H. The van der Waals surface area contributed by atoms with Crippen LogP contribution in [-0.4, -0.2) is 49.8 Å². The lowest BCUT2D eigenvalue weighted by molar-refractivity contribution is 0.169. The molecule has 6 heteroatoms.